The maximum atomic E-state index is 10.9. The highest BCUT2D eigenvalue weighted by atomic mass is 16.1. The molecule has 0 rings (SSSR count). The van der Waals surface area contributed by atoms with Crippen molar-refractivity contribution >= 4 is 13.8 Å². The molecule has 0 amide bonds. The highest BCUT2D eigenvalue weighted by Gasteiger charge is 2.09. The Bertz CT molecular complexity index is 130. The zero-order chi connectivity index (χ0) is 9.40. The van der Waals surface area contributed by atoms with Gasteiger partial charge in [0.05, 0.1) is 6.04 Å². The number of unbranched alkanes of at least 4 members (excludes halogenated alkanes) is 1. The second kappa shape index (κ2) is 7.31. The van der Waals surface area contributed by atoms with E-state index in [0.29, 0.717) is 0 Å². The molecule has 0 saturated heterocycles. The summed E-state index contributed by atoms with van der Waals surface area (Å²) >= 11 is 0. The highest BCUT2D eigenvalue weighted by Crippen LogP contribution is 2.00. The number of Topliss-reactive ketones (excluding diaryl/α,β-unsaturated/α-hetero) is 1. The van der Waals surface area contributed by atoms with Gasteiger partial charge in [0.25, 0.3) is 0 Å². The molecule has 1 unspecified atom stereocenters. The van der Waals surface area contributed by atoms with E-state index < -0.39 is 0 Å². The molecule has 0 aliphatic heterocycles. The summed E-state index contributed by atoms with van der Waals surface area (Å²) in [6, 6.07) is -0.165. The van der Waals surface area contributed by atoms with Gasteiger partial charge in [-0.1, -0.05) is 6.42 Å². The average Bonchev–Trinajstić information content (AvgIpc) is 2.04. The van der Waals surface area contributed by atoms with Gasteiger partial charge in [-0.05, 0) is 33.4 Å². The minimum atomic E-state index is -0.165. The molecule has 0 fully saturated rings. The Kier molecular flexibility index (Phi) is 7.10. The zero-order valence-electron chi connectivity index (χ0n) is 7.89. The second-order valence-electron chi connectivity index (χ2n) is 2.93. The summed E-state index contributed by atoms with van der Waals surface area (Å²) in [5, 5.41) is 5.56. The van der Waals surface area contributed by atoms with Crippen molar-refractivity contribution in [2.75, 3.05) is 13.6 Å². The fourth-order valence-electron chi connectivity index (χ4n) is 1.05. The number of nitrogens with one attached hydrogen (secondary N) is 2. The van der Waals surface area contributed by atoms with Crippen LogP contribution in [0.2, 0.25) is 0 Å². The van der Waals surface area contributed by atoms with E-state index in [4.69, 9.17) is 7.98 Å². The number of rotatable bonds is 7. The van der Waals surface area contributed by atoms with Gasteiger partial charge >= 0.3 is 0 Å². The average molecular weight is 168 g/mol. The van der Waals surface area contributed by atoms with Crippen molar-refractivity contribution < 1.29 is 4.79 Å². The summed E-state index contributed by atoms with van der Waals surface area (Å²) in [7, 11) is 7.12. The van der Waals surface area contributed by atoms with Gasteiger partial charge in [0.1, 0.15) is 5.78 Å². The molecule has 2 radical (unpaired) electrons. The first-order chi connectivity index (χ1) is 5.72. The fourth-order valence-corrected chi connectivity index (χ4v) is 1.05. The summed E-state index contributed by atoms with van der Waals surface area (Å²) in [5.74, 6) is 0.113. The Morgan fingerprint density at radius 2 is 2.17 bits per heavy atom. The van der Waals surface area contributed by atoms with E-state index in [1.807, 2.05) is 7.05 Å². The topological polar surface area (TPSA) is 41.1 Å². The van der Waals surface area contributed by atoms with Crippen LogP contribution in [0.4, 0.5) is 0 Å². The lowest BCUT2D eigenvalue weighted by atomic mass is 10.0. The zero-order valence-corrected chi connectivity index (χ0v) is 7.89. The van der Waals surface area contributed by atoms with Crippen LogP contribution in [0.1, 0.15) is 26.2 Å². The molecule has 1 atom stereocenters. The van der Waals surface area contributed by atoms with Gasteiger partial charge in [0, 0.05) is 0 Å². The molecule has 12 heavy (non-hydrogen) atoms. The van der Waals surface area contributed by atoms with Crippen LogP contribution in [-0.2, 0) is 4.79 Å². The quantitative estimate of drug-likeness (QED) is 0.415. The molecule has 68 valence electrons. The van der Waals surface area contributed by atoms with E-state index in [2.05, 4.69) is 10.5 Å². The van der Waals surface area contributed by atoms with Gasteiger partial charge in [-0.3, -0.25) is 4.79 Å². The SMILES string of the molecule is [B]NC(CCCCNC)C(C)=O. The minimum Gasteiger partial charge on any atom is -0.358 e. The predicted molar refractivity (Wildman–Crippen MR) is 51.1 cm³/mol. The fraction of sp³-hybridized carbons (Fsp3) is 0.875. The molecule has 4 heteroatoms. The predicted octanol–water partition coefficient (Wildman–Crippen LogP) is 0.00680. The van der Waals surface area contributed by atoms with Crippen LogP contribution < -0.4 is 10.5 Å². The summed E-state index contributed by atoms with van der Waals surface area (Å²) < 4.78 is 0. The molecule has 0 aromatic heterocycles. The van der Waals surface area contributed by atoms with Gasteiger partial charge in [-0.15, -0.1) is 0 Å². The minimum absolute atomic E-state index is 0.113. The van der Waals surface area contributed by atoms with Gasteiger partial charge in [0.2, 0.25) is 0 Å². The third-order valence-electron chi connectivity index (χ3n) is 1.86. The van der Waals surface area contributed by atoms with E-state index in [1.54, 1.807) is 6.92 Å². The molecular formula is C8H17BN2O. The van der Waals surface area contributed by atoms with Crippen LogP contribution in [0.3, 0.4) is 0 Å². The van der Waals surface area contributed by atoms with Gasteiger partial charge in [0.15, 0.2) is 7.98 Å². The maximum absolute atomic E-state index is 10.9. The first kappa shape index (κ1) is 11.7. The Balaban J connectivity index is 3.38. The molecule has 0 bridgehead atoms. The lowest BCUT2D eigenvalue weighted by Crippen LogP contribution is -2.33. The lowest BCUT2D eigenvalue weighted by Gasteiger charge is -2.12. The summed E-state index contributed by atoms with van der Waals surface area (Å²) in [4.78, 5) is 10.9. The molecule has 0 heterocycles. The second-order valence-corrected chi connectivity index (χ2v) is 2.93. The van der Waals surface area contributed by atoms with Crippen molar-refractivity contribution in [3.8, 4) is 0 Å². The highest BCUT2D eigenvalue weighted by molar-refractivity contribution is 6.06. The Labute approximate surface area is 75.7 Å². The van der Waals surface area contributed by atoms with E-state index in [-0.39, 0.29) is 11.8 Å². The standard InChI is InChI=1S/C8H17BN2O/c1-7(12)8(11-9)5-3-4-6-10-2/h8,10-11H,3-6H2,1-2H3. The van der Waals surface area contributed by atoms with Crippen LogP contribution in [0.25, 0.3) is 0 Å². The first-order valence-corrected chi connectivity index (χ1v) is 4.33. The molecule has 0 aliphatic carbocycles. The third kappa shape index (κ3) is 5.32. The van der Waals surface area contributed by atoms with Crippen molar-refractivity contribution in [1.82, 2.24) is 10.5 Å². The number of hydrogen-bond acceptors (Lipinski definition) is 3. The number of ketones is 1. The van der Waals surface area contributed by atoms with Gasteiger partial charge < -0.3 is 10.5 Å². The van der Waals surface area contributed by atoms with Gasteiger partial charge in [-0.25, -0.2) is 0 Å². The summed E-state index contributed by atoms with van der Waals surface area (Å²) in [6.07, 6.45) is 2.94. The molecular weight excluding hydrogens is 151 g/mol. The molecule has 2 N–H and O–H groups in total. The number of carbonyl (C=O) groups excluding carboxylic acids is 1. The van der Waals surface area contributed by atoms with Crippen LogP contribution in [-0.4, -0.2) is 33.4 Å². The van der Waals surface area contributed by atoms with E-state index in [1.165, 1.54) is 0 Å². The van der Waals surface area contributed by atoms with E-state index in [0.717, 1.165) is 25.8 Å². The van der Waals surface area contributed by atoms with E-state index >= 15 is 0 Å². The summed E-state index contributed by atoms with van der Waals surface area (Å²) in [5.41, 5.74) is 0. The first-order valence-electron chi connectivity index (χ1n) is 4.33. The van der Waals surface area contributed by atoms with Crippen LogP contribution in [0.5, 0.6) is 0 Å². The van der Waals surface area contributed by atoms with Crippen molar-refractivity contribution in [3.05, 3.63) is 0 Å². The van der Waals surface area contributed by atoms with Crippen molar-refractivity contribution in [1.29, 1.82) is 0 Å². The molecule has 0 spiro atoms. The van der Waals surface area contributed by atoms with Crippen LogP contribution in [0, 0.1) is 0 Å². The largest absolute Gasteiger partial charge is 0.358 e. The monoisotopic (exact) mass is 168 g/mol. The van der Waals surface area contributed by atoms with Crippen LogP contribution in [0.15, 0.2) is 0 Å². The summed E-state index contributed by atoms with van der Waals surface area (Å²) in [6.45, 7) is 2.55. The lowest BCUT2D eigenvalue weighted by molar-refractivity contribution is -0.118. The number of hydrogen-bond donors (Lipinski definition) is 2. The maximum Gasteiger partial charge on any atom is 0.178 e. The van der Waals surface area contributed by atoms with Crippen molar-refractivity contribution in [2.45, 2.75) is 32.2 Å². The number of carbonyl (C=O) groups is 1. The van der Waals surface area contributed by atoms with Crippen molar-refractivity contribution in [2.24, 2.45) is 0 Å². The normalized spacial score (nSPS) is 12.8. The molecule has 0 aromatic carbocycles. The molecule has 0 saturated carbocycles. The third-order valence-corrected chi connectivity index (χ3v) is 1.86. The Morgan fingerprint density at radius 1 is 1.50 bits per heavy atom. The van der Waals surface area contributed by atoms with Crippen LogP contribution >= 0.6 is 0 Å². The Hall–Kier alpha value is -0.345. The Morgan fingerprint density at radius 3 is 2.58 bits per heavy atom. The van der Waals surface area contributed by atoms with Crippen molar-refractivity contribution in [3.63, 3.8) is 0 Å². The molecule has 0 aromatic rings. The van der Waals surface area contributed by atoms with Gasteiger partial charge in [-0.2, -0.15) is 0 Å². The smallest absolute Gasteiger partial charge is 0.178 e. The van der Waals surface area contributed by atoms with E-state index in [9.17, 15) is 4.79 Å². The molecule has 3 nitrogen and oxygen atoms in total. The molecule has 0 aliphatic rings.